The highest BCUT2D eigenvalue weighted by Crippen LogP contribution is 2.32. The van der Waals surface area contributed by atoms with Gasteiger partial charge in [0.05, 0.1) is 6.54 Å². The standard InChI is InChI=1S/C17H16BN7O2S/c1-19-16(27)21-13-9-14-24(3-4-25(14)23-13)12-7-10(6-11(18)8-12)15(26)22-17-20-2-5-28-17/h2,5-9H,3-4H2,1H3,(H,20,22,26)(H2,19,21,23,27). The van der Waals surface area contributed by atoms with Gasteiger partial charge in [-0.15, -0.1) is 11.3 Å². The Kier molecular flexibility index (Phi) is 4.74. The topological polar surface area (TPSA) is 104 Å². The first-order valence-electron chi connectivity index (χ1n) is 8.49. The minimum Gasteiger partial charge on any atom is -0.341 e. The summed E-state index contributed by atoms with van der Waals surface area (Å²) in [6, 6.07) is 6.63. The van der Waals surface area contributed by atoms with Crippen molar-refractivity contribution < 1.29 is 9.59 Å². The second kappa shape index (κ2) is 7.35. The first kappa shape index (κ1) is 18.0. The van der Waals surface area contributed by atoms with Crippen molar-refractivity contribution in [3.8, 4) is 0 Å². The molecule has 0 saturated heterocycles. The first-order chi connectivity index (χ1) is 13.5. The number of urea groups is 1. The maximum absolute atomic E-state index is 12.5. The Balaban J connectivity index is 1.60. The van der Waals surface area contributed by atoms with Gasteiger partial charge in [-0.25, -0.2) is 14.5 Å². The molecule has 140 valence electrons. The normalized spacial score (nSPS) is 12.5. The van der Waals surface area contributed by atoms with Crippen LogP contribution in [0.3, 0.4) is 0 Å². The Labute approximate surface area is 166 Å². The van der Waals surface area contributed by atoms with E-state index < -0.39 is 0 Å². The minimum absolute atomic E-state index is 0.279. The third-order valence-electron chi connectivity index (χ3n) is 4.21. The van der Waals surface area contributed by atoms with Crippen LogP contribution >= 0.6 is 11.3 Å². The van der Waals surface area contributed by atoms with Gasteiger partial charge in [0.15, 0.2) is 10.9 Å². The third-order valence-corrected chi connectivity index (χ3v) is 4.89. The van der Waals surface area contributed by atoms with E-state index >= 15 is 0 Å². The molecule has 0 fully saturated rings. The zero-order valence-corrected chi connectivity index (χ0v) is 15.8. The lowest BCUT2D eigenvalue weighted by Gasteiger charge is -2.19. The summed E-state index contributed by atoms with van der Waals surface area (Å²) in [5.74, 6) is 0.978. The summed E-state index contributed by atoms with van der Waals surface area (Å²) in [6.45, 7) is 1.33. The molecule has 3 N–H and O–H groups in total. The van der Waals surface area contributed by atoms with Crippen molar-refractivity contribution in [2.45, 2.75) is 6.54 Å². The number of carbonyl (C=O) groups excluding carboxylic acids is 2. The van der Waals surface area contributed by atoms with Crippen molar-refractivity contribution in [1.29, 1.82) is 0 Å². The Morgan fingerprint density at radius 1 is 1.18 bits per heavy atom. The second-order valence-corrected chi connectivity index (χ2v) is 6.97. The van der Waals surface area contributed by atoms with E-state index in [1.165, 1.54) is 18.4 Å². The third kappa shape index (κ3) is 3.56. The maximum Gasteiger partial charge on any atom is 0.320 e. The number of anilines is 4. The number of rotatable bonds is 4. The lowest BCUT2D eigenvalue weighted by Crippen LogP contribution is -2.25. The van der Waals surface area contributed by atoms with E-state index in [2.05, 4.69) is 26.0 Å². The average molecular weight is 393 g/mol. The molecule has 3 amide bonds. The van der Waals surface area contributed by atoms with Gasteiger partial charge in [-0.1, -0.05) is 11.5 Å². The molecule has 0 unspecified atom stereocenters. The van der Waals surface area contributed by atoms with E-state index in [-0.39, 0.29) is 11.9 Å². The number of benzene rings is 1. The molecule has 2 aromatic heterocycles. The predicted octanol–water partition coefficient (Wildman–Crippen LogP) is 1.29. The van der Waals surface area contributed by atoms with E-state index in [0.29, 0.717) is 35.1 Å². The fourth-order valence-corrected chi connectivity index (χ4v) is 3.50. The molecule has 28 heavy (non-hydrogen) atoms. The van der Waals surface area contributed by atoms with Crippen molar-refractivity contribution in [3.63, 3.8) is 0 Å². The van der Waals surface area contributed by atoms with Crippen LogP contribution in [0.1, 0.15) is 10.4 Å². The average Bonchev–Trinajstić information content (AvgIpc) is 3.38. The minimum atomic E-state index is -0.339. The molecule has 1 aromatic carbocycles. The summed E-state index contributed by atoms with van der Waals surface area (Å²) in [7, 11) is 7.58. The number of aromatic nitrogens is 3. The van der Waals surface area contributed by atoms with Crippen LogP contribution < -0.4 is 26.3 Å². The van der Waals surface area contributed by atoms with E-state index in [1.54, 1.807) is 40.5 Å². The Bertz CT molecular complexity index is 1030. The van der Waals surface area contributed by atoms with E-state index in [4.69, 9.17) is 7.85 Å². The molecular formula is C17H16BN7O2S. The van der Waals surface area contributed by atoms with Crippen LogP contribution in [0.5, 0.6) is 0 Å². The van der Waals surface area contributed by atoms with E-state index in [9.17, 15) is 9.59 Å². The molecule has 11 heteroatoms. The Morgan fingerprint density at radius 3 is 2.79 bits per heavy atom. The molecule has 3 heterocycles. The number of amides is 3. The van der Waals surface area contributed by atoms with E-state index in [0.717, 1.165) is 11.5 Å². The van der Waals surface area contributed by atoms with Crippen LogP contribution in [0.4, 0.5) is 27.2 Å². The summed E-state index contributed by atoms with van der Waals surface area (Å²) in [6.07, 6.45) is 1.63. The number of fused-ring (bicyclic) bond motifs is 1. The predicted molar refractivity (Wildman–Crippen MR) is 109 cm³/mol. The molecule has 3 aromatic rings. The fourth-order valence-electron chi connectivity index (χ4n) is 2.98. The number of thiazole rings is 1. The van der Waals surface area contributed by atoms with Gasteiger partial charge in [-0.05, 0) is 12.1 Å². The van der Waals surface area contributed by atoms with Gasteiger partial charge in [0.25, 0.3) is 5.91 Å². The van der Waals surface area contributed by atoms with Gasteiger partial charge in [0.1, 0.15) is 13.7 Å². The SMILES string of the molecule is [B]c1cc(C(=O)Nc2nccs2)cc(N2CCn3nc(NC(=O)NC)cc32)c1. The zero-order valence-electron chi connectivity index (χ0n) is 15.0. The summed E-state index contributed by atoms with van der Waals surface area (Å²) in [4.78, 5) is 30.1. The molecule has 0 saturated carbocycles. The highest BCUT2D eigenvalue weighted by atomic mass is 32.1. The monoisotopic (exact) mass is 393 g/mol. The van der Waals surface area contributed by atoms with Crippen molar-refractivity contribution in [2.24, 2.45) is 0 Å². The van der Waals surface area contributed by atoms with Crippen LogP contribution in [-0.2, 0) is 6.54 Å². The zero-order chi connectivity index (χ0) is 19.7. The van der Waals surface area contributed by atoms with Crippen molar-refractivity contribution in [3.05, 3.63) is 41.4 Å². The molecule has 2 radical (unpaired) electrons. The summed E-state index contributed by atoms with van der Waals surface area (Å²) in [5, 5.41) is 14.6. The molecule has 1 aliphatic rings. The van der Waals surface area contributed by atoms with Crippen molar-refractivity contribution >= 4 is 59.0 Å². The molecule has 4 rings (SSSR count). The summed E-state index contributed by atoms with van der Waals surface area (Å²) < 4.78 is 1.80. The van der Waals surface area contributed by atoms with Gasteiger partial charge in [0.2, 0.25) is 0 Å². The lowest BCUT2D eigenvalue weighted by atomic mass is 9.93. The van der Waals surface area contributed by atoms with Crippen molar-refractivity contribution in [1.82, 2.24) is 20.1 Å². The fraction of sp³-hybridized carbons (Fsp3) is 0.176. The molecule has 0 bridgehead atoms. The Morgan fingerprint density at radius 2 is 2.04 bits per heavy atom. The first-order valence-corrected chi connectivity index (χ1v) is 9.37. The van der Waals surface area contributed by atoms with Gasteiger partial charge in [0, 0.05) is 42.5 Å². The maximum atomic E-state index is 12.5. The smallest absolute Gasteiger partial charge is 0.320 e. The highest BCUT2D eigenvalue weighted by Gasteiger charge is 2.24. The van der Waals surface area contributed by atoms with Crippen LogP contribution in [-0.4, -0.2) is 48.1 Å². The van der Waals surface area contributed by atoms with Gasteiger partial charge >= 0.3 is 6.03 Å². The number of hydrogen-bond donors (Lipinski definition) is 3. The van der Waals surface area contributed by atoms with Crippen LogP contribution in [0.25, 0.3) is 0 Å². The van der Waals surface area contributed by atoms with Crippen LogP contribution in [0.15, 0.2) is 35.8 Å². The van der Waals surface area contributed by atoms with Crippen LogP contribution in [0, 0.1) is 0 Å². The molecule has 1 aliphatic heterocycles. The number of nitrogens with one attached hydrogen (secondary N) is 3. The van der Waals surface area contributed by atoms with Gasteiger partial charge in [-0.3, -0.25) is 15.4 Å². The number of nitrogens with zero attached hydrogens (tertiary/aromatic N) is 4. The van der Waals surface area contributed by atoms with Crippen molar-refractivity contribution in [2.75, 3.05) is 29.1 Å². The van der Waals surface area contributed by atoms with Gasteiger partial charge in [-0.2, -0.15) is 5.10 Å². The van der Waals surface area contributed by atoms with E-state index in [1.807, 2.05) is 4.90 Å². The second-order valence-electron chi connectivity index (χ2n) is 6.07. The highest BCUT2D eigenvalue weighted by molar-refractivity contribution is 7.13. The Hall–Kier alpha value is -3.34. The number of carbonyl (C=O) groups is 2. The molecule has 0 aliphatic carbocycles. The number of hydrogen-bond acceptors (Lipinski definition) is 6. The molecule has 0 spiro atoms. The molecule has 0 atom stereocenters. The quantitative estimate of drug-likeness (QED) is 0.580. The van der Waals surface area contributed by atoms with Crippen LogP contribution in [0.2, 0.25) is 0 Å². The lowest BCUT2D eigenvalue weighted by molar-refractivity contribution is 0.102. The molecular weight excluding hydrogens is 377 g/mol. The molecule has 9 nitrogen and oxygen atoms in total. The largest absolute Gasteiger partial charge is 0.341 e. The van der Waals surface area contributed by atoms with Gasteiger partial charge < -0.3 is 10.2 Å². The summed E-state index contributed by atoms with van der Waals surface area (Å²) >= 11 is 1.34. The summed E-state index contributed by atoms with van der Waals surface area (Å²) in [5.41, 5.74) is 1.68.